The van der Waals surface area contributed by atoms with Crippen LogP contribution in [0.4, 0.5) is 0 Å². The smallest absolute Gasteiger partial charge is 0.186 e. The molecule has 1 aromatic rings. The lowest BCUT2D eigenvalue weighted by atomic mass is 10.1. The van der Waals surface area contributed by atoms with Gasteiger partial charge in [0.25, 0.3) is 0 Å². The fourth-order valence-corrected chi connectivity index (χ4v) is 2.41. The molecule has 0 amide bonds. The van der Waals surface area contributed by atoms with Gasteiger partial charge in [-0.3, -0.25) is 5.14 Å². The predicted octanol–water partition coefficient (Wildman–Crippen LogP) is 0.320. The minimum atomic E-state index is -2.75. The van der Waals surface area contributed by atoms with Crippen molar-refractivity contribution in [2.75, 3.05) is 0 Å². The molecule has 0 fully saturated rings. The normalized spacial score (nSPS) is 16.9. The van der Waals surface area contributed by atoms with Crippen LogP contribution in [0.5, 0.6) is 0 Å². The topological polar surface area (TPSA) is 76.2 Å². The molecule has 4 nitrogen and oxygen atoms in total. The molecule has 0 bridgehead atoms. The van der Waals surface area contributed by atoms with Crippen LogP contribution >= 0.6 is 11.3 Å². The average Bonchev–Trinajstić information content (AvgIpc) is 2.28. The van der Waals surface area contributed by atoms with Gasteiger partial charge in [-0.05, 0) is 19.7 Å². The van der Waals surface area contributed by atoms with Crippen molar-refractivity contribution in [1.29, 1.82) is 0 Å². The van der Waals surface area contributed by atoms with Crippen LogP contribution in [-0.4, -0.2) is 20.2 Å². The molecule has 0 aliphatic carbocycles. The highest BCUT2D eigenvalue weighted by Gasteiger charge is 2.20. The van der Waals surface area contributed by atoms with Crippen LogP contribution in [0.25, 0.3) is 0 Å². The van der Waals surface area contributed by atoms with Gasteiger partial charge in [-0.15, -0.1) is 11.3 Å². The zero-order valence-electron chi connectivity index (χ0n) is 7.48. The second-order valence-electron chi connectivity index (χ2n) is 3.28. The quantitative estimate of drug-likeness (QED) is 0.705. The molecule has 0 aromatic carbocycles. The average molecular weight is 220 g/mol. The van der Waals surface area contributed by atoms with Crippen LogP contribution in [0.2, 0.25) is 0 Å². The van der Waals surface area contributed by atoms with Crippen molar-refractivity contribution in [3.05, 3.63) is 11.1 Å². The van der Waals surface area contributed by atoms with E-state index in [-0.39, 0.29) is 4.34 Å². The molecule has 13 heavy (non-hydrogen) atoms. The molecule has 1 heterocycles. The second-order valence-corrected chi connectivity index (χ2v) is 6.40. The molecule has 0 spiro atoms. The first-order chi connectivity index (χ1) is 5.71. The molecule has 0 saturated heterocycles. The number of rotatable bonds is 2. The van der Waals surface area contributed by atoms with E-state index in [0.29, 0.717) is 4.88 Å². The standard InChI is InChI=1S/C7H12N2O2S2/c1-7(2,10)5-4-9-6(12-5)13(3,8)11/h4,10H,3H2,1-2H3,(H2,8,11). The van der Waals surface area contributed by atoms with Crippen LogP contribution in [-0.2, 0) is 15.3 Å². The summed E-state index contributed by atoms with van der Waals surface area (Å²) >= 11 is 1.12. The Morgan fingerprint density at radius 3 is 2.54 bits per heavy atom. The van der Waals surface area contributed by atoms with Crippen molar-refractivity contribution in [1.82, 2.24) is 4.98 Å². The van der Waals surface area contributed by atoms with Crippen molar-refractivity contribution in [3.63, 3.8) is 0 Å². The fourth-order valence-electron chi connectivity index (χ4n) is 0.701. The van der Waals surface area contributed by atoms with E-state index in [1.807, 2.05) is 0 Å². The Hall–Kier alpha value is -0.430. The van der Waals surface area contributed by atoms with Gasteiger partial charge in [0.15, 0.2) is 4.34 Å². The van der Waals surface area contributed by atoms with Crippen LogP contribution in [0.3, 0.4) is 0 Å². The number of aliphatic hydroxyl groups is 1. The van der Waals surface area contributed by atoms with E-state index in [0.717, 1.165) is 11.3 Å². The number of thiazole rings is 1. The summed E-state index contributed by atoms with van der Waals surface area (Å²) in [6, 6.07) is 0. The Kier molecular flexibility index (Phi) is 2.50. The van der Waals surface area contributed by atoms with Crippen molar-refractivity contribution in [2.24, 2.45) is 5.14 Å². The number of nitrogens with zero attached hydrogens (tertiary/aromatic N) is 1. The zero-order valence-corrected chi connectivity index (χ0v) is 9.11. The molecule has 6 heteroatoms. The largest absolute Gasteiger partial charge is 0.385 e. The number of hydrogen-bond acceptors (Lipinski definition) is 4. The Labute approximate surface area is 81.6 Å². The third-order valence-corrected chi connectivity index (χ3v) is 4.28. The Morgan fingerprint density at radius 2 is 2.31 bits per heavy atom. The number of nitrogens with two attached hydrogens (primary N) is 1. The monoisotopic (exact) mass is 220 g/mol. The molecule has 1 aromatic heterocycles. The van der Waals surface area contributed by atoms with Crippen LogP contribution in [0.1, 0.15) is 18.7 Å². The van der Waals surface area contributed by atoms with Gasteiger partial charge in [-0.2, -0.15) is 0 Å². The van der Waals surface area contributed by atoms with E-state index in [1.165, 1.54) is 6.20 Å². The fraction of sp³-hybridized carbons (Fsp3) is 0.429. The summed E-state index contributed by atoms with van der Waals surface area (Å²) in [6.07, 6.45) is 1.47. The van der Waals surface area contributed by atoms with Gasteiger partial charge in [-0.1, -0.05) is 0 Å². The van der Waals surface area contributed by atoms with Gasteiger partial charge in [0.05, 0.1) is 20.2 Å². The molecule has 1 atom stereocenters. The van der Waals surface area contributed by atoms with Crippen LogP contribution in [0, 0.1) is 0 Å². The summed E-state index contributed by atoms with van der Waals surface area (Å²) < 4.78 is 11.5. The molecule has 74 valence electrons. The van der Waals surface area contributed by atoms with E-state index < -0.39 is 15.3 Å². The molecule has 1 rings (SSSR count). The van der Waals surface area contributed by atoms with Crippen molar-refractivity contribution in [2.45, 2.75) is 23.8 Å². The SMILES string of the molecule is C=S(N)(=O)c1ncc(C(C)(C)O)s1. The molecular formula is C7H12N2O2S2. The van der Waals surface area contributed by atoms with Crippen molar-refractivity contribution in [3.8, 4) is 0 Å². The minimum absolute atomic E-state index is 0.268. The lowest BCUT2D eigenvalue weighted by Gasteiger charge is -2.12. The highest BCUT2D eigenvalue weighted by Crippen LogP contribution is 2.27. The Balaban J connectivity index is 3.16. The number of hydrogen-bond donors (Lipinski definition) is 2. The van der Waals surface area contributed by atoms with Crippen molar-refractivity contribution >= 4 is 26.9 Å². The van der Waals surface area contributed by atoms with Crippen LogP contribution in [0.15, 0.2) is 10.5 Å². The first-order valence-corrected chi connectivity index (χ1v) is 6.15. The first-order valence-electron chi connectivity index (χ1n) is 3.55. The van der Waals surface area contributed by atoms with Gasteiger partial charge >= 0.3 is 0 Å². The Bertz CT molecular complexity index is 400. The van der Waals surface area contributed by atoms with E-state index in [4.69, 9.17) is 5.14 Å². The Morgan fingerprint density at radius 1 is 1.77 bits per heavy atom. The zero-order chi connectivity index (χ0) is 10.3. The third kappa shape index (κ3) is 2.50. The van der Waals surface area contributed by atoms with Gasteiger partial charge in [-0.25, -0.2) is 9.19 Å². The first kappa shape index (κ1) is 10.6. The van der Waals surface area contributed by atoms with Gasteiger partial charge < -0.3 is 5.11 Å². The van der Waals surface area contributed by atoms with Crippen molar-refractivity contribution < 1.29 is 9.32 Å². The third-order valence-electron chi connectivity index (χ3n) is 1.38. The van der Waals surface area contributed by atoms with E-state index in [2.05, 4.69) is 10.9 Å². The lowest BCUT2D eigenvalue weighted by molar-refractivity contribution is 0.0823. The van der Waals surface area contributed by atoms with Crippen LogP contribution < -0.4 is 5.14 Å². The summed E-state index contributed by atoms with van der Waals surface area (Å²) in [4.78, 5) is 4.48. The molecular weight excluding hydrogens is 208 g/mol. The summed E-state index contributed by atoms with van der Waals surface area (Å²) in [7, 11) is -2.75. The highest BCUT2D eigenvalue weighted by atomic mass is 32.2. The summed E-state index contributed by atoms with van der Waals surface area (Å²) in [6.45, 7) is 3.26. The minimum Gasteiger partial charge on any atom is -0.385 e. The summed E-state index contributed by atoms with van der Waals surface area (Å²) in [5, 5.41) is 14.9. The maximum Gasteiger partial charge on any atom is 0.186 e. The molecule has 0 radical (unpaired) electrons. The molecule has 1 unspecified atom stereocenters. The molecule has 3 N–H and O–H groups in total. The molecule has 0 aliphatic rings. The predicted molar refractivity (Wildman–Crippen MR) is 55.1 cm³/mol. The maximum absolute atomic E-state index is 11.3. The summed E-state index contributed by atoms with van der Waals surface area (Å²) in [5.74, 6) is 3.31. The summed E-state index contributed by atoms with van der Waals surface area (Å²) in [5.41, 5.74) is -0.972. The highest BCUT2D eigenvalue weighted by molar-refractivity contribution is 7.99. The second kappa shape index (κ2) is 3.06. The van der Waals surface area contributed by atoms with E-state index >= 15 is 0 Å². The molecule has 0 saturated carbocycles. The number of aromatic nitrogens is 1. The van der Waals surface area contributed by atoms with E-state index in [1.54, 1.807) is 13.8 Å². The van der Waals surface area contributed by atoms with Gasteiger partial charge in [0, 0.05) is 6.20 Å². The van der Waals surface area contributed by atoms with Gasteiger partial charge in [0.2, 0.25) is 0 Å². The maximum atomic E-state index is 11.3. The molecule has 0 aliphatic heterocycles. The lowest BCUT2D eigenvalue weighted by Crippen LogP contribution is -2.13. The van der Waals surface area contributed by atoms with Gasteiger partial charge in [0.1, 0.15) is 0 Å². The van der Waals surface area contributed by atoms with E-state index in [9.17, 15) is 9.32 Å².